The van der Waals surface area contributed by atoms with Gasteiger partial charge in [0, 0.05) is 6.61 Å². The van der Waals surface area contributed by atoms with Crippen LogP contribution in [0, 0.1) is 0 Å². The second kappa shape index (κ2) is 4.44. The normalized spacial score (nSPS) is 24.6. The van der Waals surface area contributed by atoms with Crippen molar-refractivity contribution in [2.75, 3.05) is 18.5 Å². The number of carbonyl (C=O) groups is 1. The summed E-state index contributed by atoms with van der Waals surface area (Å²) in [6, 6.07) is 0. The minimum Gasteiger partial charge on any atom is -0.379 e. The van der Waals surface area contributed by atoms with E-state index in [9.17, 15) is 4.79 Å². The molecule has 7 heteroatoms. The standard InChI is InChI=1S/C9H14N4O2S/c1-2-6-12-13-8(16-6)11-7(14)9(10)3-4-15-5-9/h2-5,10H2,1H3,(H,11,13,14). The molecule has 0 bridgehead atoms. The van der Waals surface area contributed by atoms with E-state index in [0.717, 1.165) is 11.4 Å². The van der Waals surface area contributed by atoms with E-state index in [1.807, 2.05) is 6.92 Å². The summed E-state index contributed by atoms with van der Waals surface area (Å²) in [5.74, 6) is -0.246. The Labute approximate surface area is 97.2 Å². The summed E-state index contributed by atoms with van der Waals surface area (Å²) >= 11 is 1.37. The van der Waals surface area contributed by atoms with E-state index in [2.05, 4.69) is 15.5 Å². The Morgan fingerprint density at radius 2 is 2.50 bits per heavy atom. The zero-order chi connectivity index (χ0) is 11.6. The number of nitrogens with zero attached hydrogens (tertiary/aromatic N) is 2. The predicted molar refractivity (Wildman–Crippen MR) is 60.3 cm³/mol. The Hall–Kier alpha value is -1.05. The van der Waals surface area contributed by atoms with E-state index in [1.165, 1.54) is 11.3 Å². The largest absolute Gasteiger partial charge is 0.379 e. The van der Waals surface area contributed by atoms with Crippen molar-refractivity contribution in [3.63, 3.8) is 0 Å². The molecule has 2 rings (SSSR count). The summed E-state index contributed by atoms with van der Waals surface area (Å²) in [5, 5.41) is 11.9. The highest BCUT2D eigenvalue weighted by atomic mass is 32.1. The molecule has 0 saturated carbocycles. The molecular weight excluding hydrogens is 228 g/mol. The molecule has 1 unspecified atom stereocenters. The van der Waals surface area contributed by atoms with Gasteiger partial charge in [-0.15, -0.1) is 10.2 Å². The van der Waals surface area contributed by atoms with E-state index < -0.39 is 5.54 Å². The Bertz CT molecular complexity index is 387. The first kappa shape index (κ1) is 11.4. The average Bonchev–Trinajstić information content (AvgIpc) is 2.88. The number of rotatable bonds is 3. The monoisotopic (exact) mass is 242 g/mol. The van der Waals surface area contributed by atoms with Gasteiger partial charge >= 0.3 is 0 Å². The van der Waals surface area contributed by atoms with Crippen LogP contribution in [-0.2, 0) is 16.0 Å². The number of aryl methyl sites for hydroxylation is 1. The molecule has 88 valence electrons. The van der Waals surface area contributed by atoms with Crippen molar-refractivity contribution in [1.82, 2.24) is 10.2 Å². The summed E-state index contributed by atoms with van der Waals surface area (Å²) in [6.45, 7) is 2.78. The summed E-state index contributed by atoms with van der Waals surface area (Å²) < 4.78 is 5.13. The highest BCUT2D eigenvalue weighted by molar-refractivity contribution is 7.15. The predicted octanol–water partition coefficient (Wildman–Crippen LogP) is 0.157. The smallest absolute Gasteiger partial charge is 0.248 e. The fraction of sp³-hybridized carbons (Fsp3) is 0.667. The third-order valence-corrected chi connectivity index (χ3v) is 3.48. The fourth-order valence-corrected chi connectivity index (χ4v) is 2.10. The summed E-state index contributed by atoms with van der Waals surface area (Å²) in [5.41, 5.74) is 4.99. The highest BCUT2D eigenvalue weighted by Crippen LogP contribution is 2.20. The molecule has 1 atom stereocenters. The molecule has 1 aromatic heterocycles. The number of anilines is 1. The van der Waals surface area contributed by atoms with Crippen molar-refractivity contribution < 1.29 is 9.53 Å². The molecule has 1 fully saturated rings. The van der Waals surface area contributed by atoms with Crippen LogP contribution in [0.3, 0.4) is 0 Å². The first-order chi connectivity index (χ1) is 7.64. The molecule has 16 heavy (non-hydrogen) atoms. The van der Waals surface area contributed by atoms with Crippen LogP contribution in [0.25, 0.3) is 0 Å². The first-order valence-corrected chi connectivity index (χ1v) is 5.96. The fourth-order valence-electron chi connectivity index (χ4n) is 1.43. The topological polar surface area (TPSA) is 90.1 Å². The SMILES string of the molecule is CCc1nnc(NC(=O)C2(N)CCOC2)s1. The Balaban J connectivity index is 2.01. The van der Waals surface area contributed by atoms with Gasteiger partial charge in [-0.05, 0) is 12.8 Å². The van der Waals surface area contributed by atoms with Crippen LogP contribution in [0.4, 0.5) is 5.13 Å². The Morgan fingerprint density at radius 3 is 3.06 bits per heavy atom. The molecular formula is C9H14N4O2S. The number of nitrogens with two attached hydrogens (primary N) is 1. The zero-order valence-electron chi connectivity index (χ0n) is 9.02. The molecule has 1 amide bonds. The van der Waals surface area contributed by atoms with Crippen LogP contribution in [-0.4, -0.2) is 34.9 Å². The number of hydrogen-bond acceptors (Lipinski definition) is 6. The van der Waals surface area contributed by atoms with Crippen LogP contribution >= 0.6 is 11.3 Å². The third-order valence-electron chi connectivity index (χ3n) is 2.49. The van der Waals surface area contributed by atoms with Gasteiger partial charge in [0.1, 0.15) is 10.5 Å². The molecule has 6 nitrogen and oxygen atoms in total. The highest BCUT2D eigenvalue weighted by Gasteiger charge is 2.38. The van der Waals surface area contributed by atoms with Gasteiger partial charge in [0.15, 0.2) is 0 Å². The lowest BCUT2D eigenvalue weighted by Gasteiger charge is -2.19. The molecule has 0 aliphatic carbocycles. The van der Waals surface area contributed by atoms with E-state index in [-0.39, 0.29) is 12.5 Å². The minimum atomic E-state index is -0.919. The van der Waals surface area contributed by atoms with E-state index in [0.29, 0.717) is 18.2 Å². The minimum absolute atomic E-state index is 0.246. The van der Waals surface area contributed by atoms with Crippen molar-refractivity contribution >= 4 is 22.4 Å². The van der Waals surface area contributed by atoms with Crippen LogP contribution in [0.2, 0.25) is 0 Å². The molecule has 1 aliphatic rings. The van der Waals surface area contributed by atoms with Crippen LogP contribution in [0.1, 0.15) is 18.4 Å². The number of amides is 1. The van der Waals surface area contributed by atoms with Gasteiger partial charge in [0.05, 0.1) is 6.61 Å². The number of ether oxygens (including phenoxy) is 1. The number of hydrogen-bond donors (Lipinski definition) is 2. The van der Waals surface area contributed by atoms with Gasteiger partial charge in [-0.2, -0.15) is 0 Å². The molecule has 1 aromatic rings. The Morgan fingerprint density at radius 1 is 1.69 bits per heavy atom. The molecule has 1 aliphatic heterocycles. The summed E-state index contributed by atoms with van der Waals surface area (Å²) in [6.07, 6.45) is 1.35. The number of aromatic nitrogens is 2. The molecule has 2 heterocycles. The van der Waals surface area contributed by atoms with E-state index in [1.54, 1.807) is 0 Å². The van der Waals surface area contributed by atoms with Crippen molar-refractivity contribution in [2.45, 2.75) is 25.3 Å². The third kappa shape index (κ3) is 2.21. The summed E-state index contributed by atoms with van der Waals surface area (Å²) in [7, 11) is 0. The van der Waals surface area contributed by atoms with E-state index in [4.69, 9.17) is 10.5 Å². The van der Waals surface area contributed by atoms with Crippen molar-refractivity contribution in [2.24, 2.45) is 5.73 Å². The lowest BCUT2D eigenvalue weighted by molar-refractivity contribution is -0.121. The quantitative estimate of drug-likeness (QED) is 0.787. The molecule has 0 spiro atoms. The first-order valence-electron chi connectivity index (χ1n) is 5.14. The molecule has 1 saturated heterocycles. The maximum absolute atomic E-state index is 11.9. The van der Waals surface area contributed by atoms with Gasteiger partial charge in [-0.3, -0.25) is 10.1 Å². The van der Waals surface area contributed by atoms with Crippen molar-refractivity contribution in [3.05, 3.63) is 5.01 Å². The lowest BCUT2D eigenvalue weighted by Crippen LogP contribution is -2.51. The zero-order valence-corrected chi connectivity index (χ0v) is 9.84. The summed E-state index contributed by atoms with van der Waals surface area (Å²) in [4.78, 5) is 11.9. The van der Waals surface area contributed by atoms with Crippen LogP contribution < -0.4 is 11.1 Å². The van der Waals surface area contributed by atoms with Gasteiger partial charge in [0.25, 0.3) is 0 Å². The van der Waals surface area contributed by atoms with Crippen molar-refractivity contribution in [1.29, 1.82) is 0 Å². The maximum atomic E-state index is 11.9. The number of nitrogens with one attached hydrogen (secondary N) is 1. The van der Waals surface area contributed by atoms with Crippen LogP contribution in [0.5, 0.6) is 0 Å². The van der Waals surface area contributed by atoms with Gasteiger partial charge in [-0.1, -0.05) is 18.3 Å². The number of carbonyl (C=O) groups excluding carboxylic acids is 1. The maximum Gasteiger partial charge on any atom is 0.248 e. The molecule has 0 radical (unpaired) electrons. The molecule has 0 aromatic carbocycles. The second-order valence-corrected chi connectivity index (χ2v) is 4.83. The van der Waals surface area contributed by atoms with Gasteiger partial charge in [0.2, 0.25) is 11.0 Å². The Kier molecular flexibility index (Phi) is 3.17. The van der Waals surface area contributed by atoms with Gasteiger partial charge in [-0.25, -0.2) is 0 Å². The lowest BCUT2D eigenvalue weighted by atomic mass is 10.00. The average molecular weight is 242 g/mol. The second-order valence-electron chi connectivity index (χ2n) is 3.77. The van der Waals surface area contributed by atoms with Crippen LogP contribution in [0.15, 0.2) is 0 Å². The molecule has 3 N–H and O–H groups in total. The van der Waals surface area contributed by atoms with Gasteiger partial charge < -0.3 is 10.5 Å². The van der Waals surface area contributed by atoms with E-state index >= 15 is 0 Å². The van der Waals surface area contributed by atoms with Crippen molar-refractivity contribution in [3.8, 4) is 0 Å².